The molecule has 4 rings (SSSR count). The van der Waals surface area contributed by atoms with Crippen LogP contribution in [0.4, 0.5) is 5.69 Å². The summed E-state index contributed by atoms with van der Waals surface area (Å²) in [6, 6.07) is 15.8. The lowest BCUT2D eigenvalue weighted by Crippen LogP contribution is -2.38. The number of ether oxygens (including phenoxy) is 1. The van der Waals surface area contributed by atoms with Gasteiger partial charge in [-0.3, -0.25) is 14.5 Å². The Hall–Kier alpha value is -2.86. The molecule has 0 unspecified atom stereocenters. The summed E-state index contributed by atoms with van der Waals surface area (Å²) >= 11 is 0. The van der Waals surface area contributed by atoms with Crippen molar-refractivity contribution in [3.63, 3.8) is 0 Å². The van der Waals surface area contributed by atoms with Crippen molar-refractivity contribution >= 4 is 17.5 Å². The van der Waals surface area contributed by atoms with Gasteiger partial charge in [0.05, 0.1) is 17.9 Å². The lowest BCUT2D eigenvalue weighted by atomic mass is 9.94. The number of anilines is 1. The molecule has 182 valence electrons. The summed E-state index contributed by atoms with van der Waals surface area (Å²) < 4.78 is 5.61. The predicted octanol–water partition coefficient (Wildman–Crippen LogP) is 5.00. The molecule has 6 heteroatoms. The summed E-state index contributed by atoms with van der Waals surface area (Å²) in [6.07, 6.45) is 7.28. The van der Waals surface area contributed by atoms with Crippen LogP contribution in [0.2, 0.25) is 0 Å². The zero-order valence-corrected chi connectivity index (χ0v) is 20.2. The van der Waals surface area contributed by atoms with Crippen LogP contribution in [0.15, 0.2) is 48.5 Å². The second-order valence-electron chi connectivity index (χ2n) is 9.47. The molecule has 1 heterocycles. The van der Waals surface area contributed by atoms with Crippen LogP contribution in [0.3, 0.4) is 0 Å². The molecule has 0 aromatic heterocycles. The summed E-state index contributed by atoms with van der Waals surface area (Å²) in [6.45, 7) is 5.26. The molecule has 2 aromatic rings. The van der Waals surface area contributed by atoms with E-state index < -0.39 is 0 Å². The molecular weight excluding hydrogens is 426 g/mol. The second-order valence-corrected chi connectivity index (χ2v) is 9.47. The van der Waals surface area contributed by atoms with Gasteiger partial charge < -0.3 is 15.4 Å². The van der Waals surface area contributed by atoms with Crippen molar-refractivity contribution in [2.24, 2.45) is 5.92 Å². The van der Waals surface area contributed by atoms with Gasteiger partial charge in [0.2, 0.25) is 5.91 Å². The molecule has 0 spiro atoms. The predicted molar refractivity (Wildman–Crippen MR) is 135 cm³/mol. The van der Waals surface area contributed by atoms with Crippen molar-refractivity contribution in [3.8, 4) is 5.75 Å². The topological polar surface area (TPSA) is 70.7 Å². The molecule has 2 aliphatic rings. The Morgan fingerprint density at radius 1 is 0.971 bits per heavy atom. The summed E-state index contributed by atoms with van der Waals surface area (Å²) in [5.74, 6) is 0.781. The third-order valence-corrected chi connectivity index (χ3v) is 6.94. The molecule has 1 saturated heterocycles. The van der Waals surface area contributed by atoms with Crippen LogP contribution < -0.4 is 15.4 Å². The summed E-state index contributed by atoms with van der Waals surface area (Å²) in [7, 11) is 0. The monoisotopic (exact) mass is 463 g/mol. The van der Waals surface area contributed by atoms with E-state index in [2.05, 4.69) is 27.7 Å². The van der Waals surface area contributed by atoms with E-state index in [1.54, 1.807) is 6.07 Å². The Bertz CT molecular complexity index is 963. The molecule has 2 N–H and O–H groups in total. The zero-order chi connectivity index (χ0) is 23.8. The highest BCUT2D eigenvalue weighted by Gasteiger charge is 2.26. The minimum absolute atomic E-state index is 0.0101. The summed E-state index contributed by atoms with van der Waals surface area (Å²) in [5, 5.41) is 6.21. The van der Waals surface area contributed by atoms with Gasteiger partial charge in [0, 0.05) is 18.5 Å². The molecule has 2 fully saturated rings. The molecule has 1 aliphatic carbocycles. The molecule has 2 amide bonds. The van der Waals surface area contributed by atoms with Crippen LogP contribution in [-0.4, -0.2) is 42.5 Å². The van der Waals surface area contributed by atoms with E-state index >= 15 is 0 Å². The van der Waals surface area contributed by atoms with E-state index in [0.29, 0.717) is 17.9 Å². The normalized spacial score (nSPS) is 17.8. The maximum Gasteiger partial charge on any atom is 0.253 e. The van der Waals surface area contributed by atoms with Crippen molar-refractivity contribution in [1.82, 2.24) is 10.2 Å². The Kier molecular flexibility index (Phi) is 8.58. The first-order valence-electron chi connectivity index (χ1n) is 12.8. The standard InChI is InChI=1S/C28H37N3O3/c1-2-34-24-12-8-9-21(19-24)20-31-17-15-22(16-18-31)27(32)30-26-14-7-6-13-25(26)28(33)29-23-10-4-3-5-11-23/h6-9,12-14,19,22-23H,2-5,10-11,15-18,20H2,1H3,(H,29,33)(H,30,32). The molecule has 0 bridgehead atoms. The number of para-hydroxylation sites is 1. The number of carbonyl (C=O) groups excluding carboxylic acids is 2. The molecule has 6 nitrogen and oxygen atoms in total. The SMILES string of the molecule is CCOc1cccc(CN2CCC(C(=O)Nc3ccccc3C(=O)NC3CCCCC3)CC2)c1. The number of nitrogens with one attached hydrogen (secondary N) is 2. The van der Waals surface area contributed by atoms with Crippen LogP contribution in [-0.2, 0) is 11.3 Å². The fourth-order valence-corrected chi connectivity index (χ4v) is 5.05. The highest BCUT2D eigenvalue weighted by Crippen LogP contribution is 2.24. The highest BCUT2D eigenvalue weighted by atomic mass is 16.5. The van der Waals surface area contributed by atoms with Gasteiger partial charge in [-0.05, 0) is 75.5 Å². The largest absolute Gasteiger partial charge is 0.494 e. The lowest BCUT2D eigenvalue weighted by Gasteiger charge is -2.31. The van der Waals surface area contributed by atoms with Crippen LogP contribution in [0, 0.1) is 5.92 Å². The van der Waals surface area contributed by atoms with E-state index in [-0.39, 0.29) is 23.8 Å². The molecule has 34 heavy (non-hydrogen) atoms. The number of hydrogen-bond donors (Lipinski definition) is 2. The van der Waals surface area contributed by atoms with Crippen LogP contribution in [0.25, 0.3) is 0 Å². The third kappa shape index (κ3) is 6.60. The summed E-state index contributed by atoms with van der Waals surface area (Å²) in [5.41, 5.74) is 2.38. The average Bonchev–Trinajstić information content (AvgIpc) is 2.86. The average molecular weight is 464 g/mol. The van der Waals surface area contributed by atoms with Crippen molar-refractivity contribution in [1.29, 1.82) is 0 Å². The molecule has 0 atom stereocenters. The van der Waals surface area contributed by atoms with Gasteiger partial charge in [0.25, 0.3) is 5.91 Å². The van der Waals surface area contributed by atoms with Gasteiger partial charge >= 0.3 is 0 Å². The van der Waals surface area contributed by atoms with E-state index in [4.69, 9.17) is 4.74 Å². The minimum Gasteiger partial charge on any atom is -0.494 e. The van der Waals surface area contributed by atoms with Crippen molar-refractivity contribution < 1.29 is 14.3 Å². The highest BCUT2D eigenvalue weighted by molar-refractivity contribution is 6.04. The van der Waals surface area contributed by atoms with Crippen molar-refractivity contribution in [3.05, 3.63) is 59.7 Å². The number of amides is 2. The van der Waals surface area contributed by atoms with Gasteiger partial charge in [-0.2, -0.15) is 0 Å². The Morgan fingerprint density at radius 3 is 2.50 bits per heavy atom. The smallest absolute Gasteiger partial charge is 0.253 e. The van der Waals surface area contributed by atoms with E-state index in [0.717, 1.165) is 51.1 Å². The van der Waals surface area contributed by atoms with Crippen molar-refractivity contribution in [2.75, 3.05) is 25.0 Å². The molecule has 1 aliphatic heterocycles. The quantitative estimate of drug-likeness (QED) is 0.578. The third-order valence-electron chi connectivity index (χ3n) is 6.94. The maximum absolute atomic E-state index is 13.0. The van der Waals surface area contributed by atoms with Crippen molar-refractivity contribution in [2.45, 2.75) is 64.5 Å². The van der Waals surface area contributed by atoms with E-state index in [1.165, 1.54) is 24.8 Å². The summed E-state index contributed by atoms with van der Waals surface area (Å²) in [4.78, 5) is 28.3. The van der Waals surface area contributed by atoms with Gasteiger partial charge in [0.1, 0.15) is 5.75 Å². The van der Waals surface area contributed by atoms with Gasteiger partial charge in [-0.25, -0.2) is 0 Å². The lowest BCUT2D eigenvalue weighted by molar-refractivity contribution is -0.121. The van der Waals surface area contributed by atoms with Crippen LogP contribution >= 0.6 is 0 Å². The number of rotatable bonds is 8. The Morgan fingerprint density at radius 2 is 1.74 bits per heavy atom. The minimum atomic E-state index is -0.0908. The van der Waals surface area contributed by atoms with Gasteiger partial charge in [-0.1, -0.05) is 43.5 Å². The van der Waals surface area contributed by atoms with Crippen LogP contribution in [0.1, 0.15) is 67.8 Å². The number of hydrogen-bond acceptors (Lipinski definition) is 4. The number of likely N-dealkylation sites (tertiary alicyclic amines) is 1. The van der Waals surface area contributed by atoms with Crippen LogP contribution in [0.5, 0.6) is 5.75 Å². The number of benzene rings is 2. The zero-order valence-electron chi connectivity index (χ0n) is 20.2. The molecule has 1 saturated carbocycles. The number of piperidine rings is 1. The first-order chi connectivity index (χ1) is 16.6. The first-order valence-corrected chi connectivity index (χ1v) is 12.8. The van der Waals surface area contributed by atoms with E-state index in [9.17, 15) is 9.59 Å². The number of nitrogens with zero attached hydrogens (tertiary/aromatic N) is 1. The first kappa shape index (κ1) is 24.3. The van der Waals surface area contributed by atoms with Gasteiger partial charge in [-0.15, -0.1) is 0 Å². The molecule has 0 radical (unpaired) electrons. The Labute approximate surface area is 203 Å². The Balaban J connectivity index is 1.29. The fourth-order valence-electron chi connectivity index (χ4n) is 5.05. The van der Waals surface area contributed by atoms with E-state index in [1.807, 2.05) is 37.3 Å². The maximum atomic E-state index is 13.0. The molecule has 2 aromatic carbocycles. The fraction of sp³-hybridized carbons (Fsp3) is 0.500. The second kappa shape index (κ2) is 12.0. The molecular formula is C28H37N3O3. The number of carbonyl (C=O) groups is 2. The van der Waals surface area contributed by atoms with Gasteiger partial charge in [0.15, 0.2) is 0 Å².